The van der Waals surface area contributed by atoms with Gasteiger partial charge in [-0.3, -0.25) is 4.90 Å². The van der Waals surface area contributed by atoms with E-state index in [4.69, 9.17) is 0 Å². The Morgan fingerprint density at radius 1 is 1.36 bits per heavy atom. The second kappa shape index (κ2) is 8.92. The Kier molecular flexibility index (Phi) is 6.91. The molecule has 1 saturated heterocycles. The quantitative estimate of drug-likeness (QED) is 0.721. The SMILES string of the molecule is CCN(C[P+](=O)C(O)Cc1ccccc1)C(=O)N1CCC[C@H]1C(=O)O. The minimum absolute atomic E-state index is 0.0818. The lowest BCUT2D eigenvalue weighted by Crippen LogP contribution is -2.48. The highest BCUT2D eigenvalue weighted by molar-refractivity contribution is 7.45. The monoisotopic (exact) mass is 367 g/mol. The summed E-state index contributed by atoms with van der Waals surface area (Å²) in [7, 11) is -2.05. The van der Waals surface area contributed by atoms with Crippen LogP contribution in [0, 0.1) is 0 Å². The summed E-state index contributed by atoms with van der Waals surface area (Å²) in [6.07, 6.45) is 1.25. The first kappa shape index (κ1) is 19.3. The van der Waals surface area contributed by atoms with Crippen LogP contribution in [0.15, 0.2) is 30.3 Å². The molecule has 2 rings (SSSR count). The summed E-state index contributed by atoms with van der Waals surface area (Å²) in [5.41, 5.74) is 0.873. The van der Waals surface area contributed by atoms with Crippen molar-refractivity contribution >= 4 is 19.8 Å². The summed E-state index contributed by atoms with van der Waals surface area (Å²) in [4.78, 5) is 26.5. The fraction of sp³-hybridized carbons (Fsp3) is 0.529. The van der Waals surface area contributed by atoms with Gasteiger partial charge in [0.25, 0.3) is 5.85 Å². The van der Waals surface area contributed by atoms with Crippen molar-refractivity contribution in [3.8, 4) is 0 Å². The van der Waals surface area contributed by atoms with Crippen molar-refractivity contribution in [3.63, 3.8) is 0 Å². The number of aliphatic carboxylic acids is 1. The Hall–Kier alpha value is -1.98. The normalized spacial score (nSPS) is 18.7. The third-order valence-electron chi connectivity index (χ3n) is 4.34. The lowest BCUT2D eigenvalue weighted by Gasteiger charge is -2.27. The number of rotatable bonds is 7. The number of likely N-dealkylation sites (tertiary alicyclic amines) is 1. The van der Waals surface area contributed by atoms with Gasteiger partial charge >= 0.3 is 19.8 Å². The summed E-state index contributed by atoms with van der Waals surface area (Å²) in [6, 6.07) is 7.99. The van der Waals surface area contributed by atoms with Gasteiger partial charge in [-0.1, -0.05) is 34.9 Å². The van der Waals surface area contributed by atoms with Crippen LogP contribution < -0.4 is 0 Å². The van der Waals surface area contributed by atoms with Crippen molar-refractivity contribution < 1.29 is 24.4 Å². The van der Waals surface area contributed by atoms with Crippen LogP contribution in [0.1, 0.15) is 25.3 Å². The summed E-state index contributed by atoms with van der Waals surface area (Å²) >= 11 is 0. The molecule has 0 saturated carbocycles. The smallest absolute Gasteiger partial charge is 0.391 e. The largest absolute Gasteiger partial charge is 0.480 e. The molecular weight excluding hydrogens is 343 g/mol. The molecule has 25 heavy (non-hydrogen) atoms. The third kappa shape index (κ3) is 5.00. The van der Waals surface area contributed by atoms with E-state index < -0.39 is 31.7 Å². The van der Waals surface area contributed by atoms with Gasteiger partial charge in [-0.25, -0.2) is 9.59 Å². The fourth-order valence-corrected chi connectivity index (χ4v) is 4.18. The van der Waals surface area contributed by atoms with Gasteiger partial charge in [0, 0.05) is 19.5 Å². The van der Waals surface area contributed by atoms with Crippen molar-refractivity contribution in [1.29, 1.82) is 0 Å². The van der Waals surface area contributed by atoms with Crippen LogP contribution in [0.5, 0.6) is 0 Å². The predicted molar refractivity (Wildman–Crippen MR) is 93.8 cm³/mol. The van der Waals surface area contributed by atoms with Gasteiger partial charge in [-0.05, 0) is 25.3 Å². The van der Waals surface area contributed by atoms with E-state index >= 15 is 0 Å². The Morgan fingerprint density at radius 2 is 2.04 bits per heavy atom. The summed E-state index contributed by atoms with van der Waals surface area (Å²) in [5, 5.41) is 19.4. The van der Waals surface area contributed by atoms with Crippen LogP contribution in [0.3, 0.4) is 0 Å². The molecule has 1 aliphatic heterocycles. The van der Waals surface area contributed by atoms with E-state index in [0.29, 0.717) is 25.9 Å². The van der Waals surface area contributed by atoms with Crippen molar-refractivity contribution in [1.82, 2.24) is 9.80 Å². The van der Waals surface area contributed by atoms with Gasteiger partial charge in [0.15, 0.2) is 0 Å². The van der Waals surface area contributed by atoms with Gasteiger partial charge in [-0.2, -0.15) is 0 Å². The molecule has 1 heterocycles. The van der Waals surface area contributed by atoms with Gasteiger partial charge in [-0.15, -0.1) is 0 Å². The van der Waals surface area contributed by atoms with E-state index in [1.165, 1.54) is 9.80 Å². The number of hydrogen-bond donors (Lipinski definition) is 2. The van der Waals surface area contributed by atoms with E-state index in [1.807, 2.05) is 30.3 Å². The third-order valence-corrected chi connectivity index (χ3v) is 5.81. The van der Waals surface area contributed by atoms with Crippen LogP contribution in [-0.2, 0) is 15.8 Å². The Labute approximate surface area is 148 Å². The number of aliphatic hydroxyl groups excluding tert-OH is 1. The highest BCUT2D eigenvalue weighted by Crippen LogP contribution is 2.31. The Balaban J connectivity index is 1.97. The minimum Gasteiger partial charge on any atom is -0.480 e. The van der Waals surface area contributed by atoms with Crippen molar-refractivity contribution in [2.24, 2.45) is 0 Å². The van der Waals surface area contributed by atoms with Crippen molar-refractivity contribution in [2.45, 2.75) is 38.1 Å². The van der Waals surface area contributed by atoms with E-state index in [2.05, 4.69) is 0 Å². The van der Waals surface area contributed by atoms with Gasteiger partial charge in [0.2, 0.25) is 6.29 Å². The minimum atomic E-state index is -2.05. The maximum Gasteiger partial charge on any atom is 0.391 e. The standard InChI is InChI=1S/C17H23N2O5P/c1-2-18(17(23)19-10-6-9-14(19)16(21)22)12-25(24)15(20)11-13-7-4-3-5-8-13/h3-5,7-8,14-15,20H,2,6,9-12H2,1H3/p+1/t14-,15?/m0/s1. The molecule has 0 bridgehead atoms. The average molecular weight is 367 g/mol. The molecule has 0 aromatic heterocycles. The molecule has 1 aromatic rings. The number of benzene rings is 1. The van der Waals surface area contributed by atoms with Crippen molar-refractivity contribution in [3.05, 3.63) is 35.9 Å². The molecule has 0 aliphatic carbocycles. The van der Waals surface area contributed by atoms with E-state index in [-0.39, 0.29) is 12.7 Å². The number of carbonyl (C=O) groups is 2. The molecule has 0 spiro atoms. The molecular formula is C17H24N2O5P+. The van der Waals surface area contributed by atoms with E-state index in [1.54, 1.807) is 6.92 Å². The molecule has 3 atom stereocenters. The maximum atomic E-state index is 12.6. The number of carboxylic acid groups (broad SMARTS) is 1. The number of nitrogens with zero attached hydrogens (tertiary/aromatic N) is 2. The second-order valence-corrected chi connectivity index (χ2v) is 7.77. The van der Waals surface area contributed by atoms with Crippen LogP contribution >= 0.6 is 7.80 Å². The van der Waals surface area contributed by atoms with Crippen LogP contribution in [0.4, 0.5) is 4.79 Å². The summed E-state index contributed by atoms with van der Waals surface area (Å²) in [5.74, 6) is -2.07. The van der Waals surface area contributed by atoms with Gasteiger partial charge in [0.05, 0.1) is 0 Å². The molecule has 1 aliphatic rings. The van der Waals surface area contributed by atoms with Gasteiger partial charge < -0.3 is 15.1 Å². The number of carbonyl (C=O) groups excluding carboxylic acids is 1. The lowest BCUT2D eigenvalue weighted by atomic mass is 10.2. The molecule has 1 aromatic carbocycles. The number of amides is 2. The topological polar surface area (TPSA) is 98.2 Å². The molecule has 1 fully saturated rings. The predicted octanol–water partition coefficient (Wildman–Crippen LogP) is 2.32. The number of aliphatic hydroxyl groups is 1. The Bertz CT molecular complexity index is 625. The fourth-order valence-electron chi connectivity index (χ4n) is 2.92. The lowest BCUT2D eigenvalue weighted by molar-refractivity contribution is -0.141. The van der Waals surface area contributed by atoms with E-state index in [9.17, 15) is 24.4 Å². The summed E-state index contributed by atoms with van der Waals surface area (Å²) < 4.78 is 12.4. The van der Waals surface area contributed by atoms with Crippen LogP contribution in [0.25, 0.3) is 0 Å². The summed E-state index contributed by atoms with van der Waals surface area (Å²) in [6.45, 7) is 2.44. The molecule has 7 nitrogen and oxygen atoms in total. The van der Waals surface area contributed by atoms with Crippen molar-refractivity contribution in [2.75, 3.05) is 19.4 Å². The molecule has 2 unspecified atom stereocenters. The highest BCUT2D eigenvalue weighted by atomic mass is 31.1. The van der Waals surface area contributed by atoms with Crippen LogP contribution in [0.2, 0.25) is 0 Å². The zero-order valence-electron chi connectivity index (χ0n) is 14.2. The average Bonchev–Trinajstić information content (AvgIpc) is 3.09. The molecule has 136 valence electrons. The molecule has 0 radical (unpaired) electrons. The zero-order valence-corrected chi connectivity index (χ0v) is 15.1. The Morgan fingerprint density at radius 3 is 2.64 bits per heavy atom. The number of urea groups is 1. The van der Waals surface area contributed by atoms with Crippen LogP contribution in [-0.4, -0.2) is 63.3 Å². The number of carboxylic acids is 1. The van der Waals surface area contributed by atoms with E-state index in [0.717, 1.165) is 5.56 Å². The first-order valence-corrected chi connectivity index (χ1v) is 9.89. The number of hydrogen-bond acceptors (Lipinski definition) is 4. The molecule has 2 N–H and O–H groups in total. The maximum absolute atomic E-state index is 12.6. The second-order valence-electron chi connectivity index (χ2n) is 6.06. The first-order chi connectivity index (χ1) is 11.9. The molecule has 2 amide bonds. The molecule has 8 heteroatoms. The van der Waals surface area contributed by atoms with Gasteiger partial charge in [0.1, 0.15) is 6.04 Å². The highest BCUT2D eigenvalue weighted by Gasteiger charge is 2.39. The first-order valence-electron chi connectivity index (χ1n) is 8.38. The zero-order chi connectivity index (χ0) is 18.4.